The summed E-state index contributed by atoms with van der Waals surface area (Å²) in [6, 6.07) is 13.3. The van der Waals surface area contributed by atoms with E-state index in [2.05, 4.69) is 5.32 Å². The number of amides is 2. The fourth-order valence-corrected chi connectivity index (χ4v) is 7.74. The first-order chi connectivity index (χ1) is 19.4. The van der Waals surface area contributed by atoms with Gasteiger partial charge >= 0.3 is 5.97 Å². The van der Waals surface area contributed by atoms with E-state index in [0.29, 0.717) is 27.8 Å². The van der Waals surface area contributed by atoms with Crippen LogP contribution in [0.3, 0.4) is 0 Å². The van der Waals surface area contributed by atoms with Crippen molar-refractivity contribution < 1.29 is 28.6 Å². The summed E-state index contributed by atoms with van der Waals surface area (Å²) in [7, 11) is 3.17. The molecule has 5 rings (SSSR count). The highest BCUT2D eigenvalue weighted by Crippen LogP contribution is 2.47. The van der Waals surface area contributed by atoms with Crippen LogP contribution in [0.15, 0.2) is 47.4 Å². The molecule has 2 amide bonds. The minimum Gasteiger partial charge on any atom is -0.493 e. The molecule has 3 aromatic rings. The van der Waals surface area contributed by atoms with Crippen LogP contribution in [-0.2, 0) is 27.2 Å². The van der Waals surface area contributed by atoms with Gasteiger partial charge in [0.1, 0.15) is 11.5 Å². The summed E-state index contributed by atoms with van der Waals surface area (Å²) in [6.07, 6.45) is 3.93. The average molecular weight is 581 g/mol. The van der Waals surface area contributed by atoms with E-state index in [4.69, 9.17) is 14.2 Å². The number of para-hydroxylation sites is 1. The third-order valence-electron chi connectivity index (χ3n) is 7.07. The molecule has 10 heteroatoms. The first-order valence-electron chi connectivity index (χ1n) is 13.3. The van der Waals surface area contributed by atoms with E-state index in [9.17, 15) is 14.4 Å². The van der Waals surface area contributed by atoms with E-state index in [-0.39, 0.29) is 36.6 Å². The summed E-state index contributed by atoms with van der Waals surface area (Å²) >= 11 is 3.02. The lowest BCUT2D eigenvalue weighted by molar-refractivity contribution is -0.121. The number of nitrogens with one attached hydrogen (secondary N) is 1. The molecule has 1 aliphatic carbocycles. The molecule has 40 heavy (non-hydrogen) atoms. The standard InChI is InChI=1S/C30H32N2O6S2/c1-4-38-30(35)28-19-9-5-7-11-23(19)40-29(28)31-26(33)17-32-20-10-6-8-12-24(20)39-25(16-27(32)34)18-13-14-21(36-2)22(15-18)37-3/h6,8,10,12-15,25H,4-5,7,9,11,16-17H2,1-3H3,(H,31,33). The zero-order valence-electron chi connectivity index (χ0n) is 22.8. The molecule has 0 radical (unpaired) electrons. The lowest BCUT2D eigenvalue weighted by atomic mass is 9.95. The molecule has 1 atom stereocenters. The smallest absolute Gasteiger partial charge is 0.341 e. The zero-order valence-corrected chi connectivity index (χ0v) is 24.4. The van der Waals surface area contributed by atoms with Crippen molar-refractivity contribution in [2.45, 2.75) is 49.2 Å². The predicted molar refractivity (Wildman–Crippen MR) is 157 cm³/mol. The second-order valence-electron chi connectivity index (χ2n) is 9.56. The van der Waals surface area contributed by atoms with Gasteiger partial charge in [-0.05, 0) is 68.0 Å². The molecule has 0 saturated heterocycles. The molecular formula is C30H32N2O6S2. The molecule has 0 spiro atoms. The number of aryl methyl sites for hydroxylation is 1. The molecule has 2 heterocycles. The summed E-state index contributed by atoms with van der Waals surface area (Å²) in [6.45, 7) is 1.86. The van der Waals surface area contributed by atoms with E-state index in [1.807, 2.05) is 42.5 Å². The van der Waals surface area contributed by atoms with Gasteiger partial charge in [-0.3, -0.25) is 9.59 Å². The Bertz CT molecular complexity index is 1440. The Morgan fingerprint density at radius 2 is 1.82 bits per heavy atom. The fraction of sp³-hybridized carbons (Fsp3) is 0.367. The normalized spacial score (nSPS) is 16.4. The molecule has 8 nitrogen and oxygen atoms in total. The number of nitrogens with zero attached hydrogens (tertiary/aromatic N) is 1. The molecule has 1 unspecified atom stereocenters. The number of thioether (sulfide) groups is 1. The van der Waals surface area contributed by atoms with Crippen molar-refractivity contribution in [3.8, 4) is 11.5 Å². The second kappa shape index (κ2) is 12.3. The highest BCUT2D eigenvalue weighted by Gasteiger charge is 2.32. The number of ether oxygens (including phenoxy) is 3. The minimum absolute atomic E-state index is 0.163. The maximum Gasteiger partial charge on any atom is 0.341 e. The summed E-state index contributed by atoms with van der Waals surface area (Å²) in [4.78, 5) is 43.5. The van der Waals surface area contributed by atoms with Gasteiger partial charge in [-0.2, -0.15) is 0 Å². The van der Waals surface area contributed by atoms with Crippen molar-refractivity contribution >= 4 is 51.6 Å². The summed E-state index contributed by atoms with van der Waals surface area (Å²) in [5.41, 5.74) is 3.06. The molecule has 0 saturated carbocycles. The number of esters is 1. The van der Waals surface area contributed by atoms with Gasteiger partial charge in [0, 0.05) is 21.4 Å². The predicted octanol–water partition coefficient (Wildman–Crippen LogP) is 6.03. The number of rotatable bonds is 8. The van der Waals surface area contributed by atoms with Crippen molar-refractivity contribution in [3.63, 3.8) is 0 Å². The summed E-state index contributed by atoms with van der Waals surface area (Å²) in [5, 5.41) is 3.27. The van der Waals surface area contributed by atoms with Crippen LogP contribution in [-0.4, -0.2) is 45.2 Å². The SMILES string of the molecule is CCOC(=O)c1c(NC(=O)CN2C(=O)CC(c3ccc(OC)c(OC)c3)Sc3ccccc32)sc2c1CCCC2. The number of fused-ring (bicyclic) bond motifs is 2. The average Bonchev–Trinajstić information content (AvgIpc) is 3.26. The van der Waals surface area contributed by atoms with Crippen molar-refractivity contribution in [1.82, 2.24) is 0 Å². The first kappa shape index (κ1) is 28.0. The van der Waals surface area contributed by atoms with Gasteiger partial charge in [0.15, 0.2) is 11.5 Å². The number of methoxy groups -OCH3 is 2. The number of carbonyl (C=O) groups is 3. The van der Waals surface area contributed by atoms with Crippen LogP contribution in [0.2, 0.25) is 0 Å². The highest BCUT2D eigenvalue weighted by atomic mass is 32.2. The highest BCUT2D eigenvalue weighted by molar-refractivity contribution is 7.99. The van der Waals surface area contributed by atoms with Crippen molar-refractivity contribution in [2.24, 2.45) is 0 Å². The lowest BCUT2D eigenvalue weighted by Gasteiger charge is -2.22. The summed E-state index contributed by atoms with van der Waals surface area (Å²) < 4.78 is 16.2. The number of hydrogen-bond donors (Lipinski definition) is 1. The third kappa shape index (κ3) is 5.69. The summed E-state index contributed by atoms with van der Waals surface area (Å²) in [5.74, 6) is 0.276. The third-order valence-corrected chi connectivity index (χ3v) is 9.60. The number of hydrogen-bond acceptors (Lipinski definition) is 8. The minimum atomic E-state index is -0.414. The number of anilines is 2. The molecule has 2 aromatic carbocycles. The van der Waals surface area contributed by atoms with Crippen LogP contribution in [0, 0.1) is 0 Å². The van der Waals surface area contributed by atoms with E-state index in [0.717, 1.165) is 46.6 Å². The van der Waals surface area contributed by atoms with Gasteiger partial charge in [-0.15, -0.1) is 23.1 Å². The topological polar surface area (TPSA) is 94.2 Å². The molecule has 2 aliphatic rings. The lowest BCUT2D eigenvalue weighted by Crippen LogP contribution is -2.38. The van der Waals surface area contributed by atoms with Crippen LogP contribution in [0.1, 0.15) is 57.8 Å². The fourth-order valence-electron chi connectivity index (χ4n) is 5.17. The van der Waals surface area contributed by atoms with Crippen LogP contribution >= 0.6 is 23.1 Å². The van der Waals surface area contributed by atoms with E-state index in [1.165, 1.54) is 16.2 Å². The van der Waals surface area contributed by atoms with Gasteiger partial charge in [-0.25, -0.2) is 4.79 Å². The molecule has 1 aliphatic heterocycles. The van der Waals surface area contributed by atoms with Gasteiger partial charge in [0.25, 0.3) is 0 Å². The van der Waals surface area contributed by atoms with Crippen molar-refractivity contribution in [1.29, 1.82) is 0 Å². The number of benzene rings is 2. The van der Waals surface area contributed by atoms with Crippen LogP contribution in [0.5, 0.6) is 11.5 Å². The molecule has 1 N–H and O–H groups in total. The van der Waals surface area contributed by atoms with Gasteiger partial charge < -0.3 is 24.4 Å². The molecule has 0 bridgehead atoms. The quantitative estimate of drug-likeness (QED) is 0.325. The largest absolute Gasteiger partial charge is 0.493 e. The zero-order chi connectivity index (χ0) is 28.2. The Morgan fingerprint density at radius 1 is 1.05 bits per heavy atom. The Kier molecular flexibility index (Phi) is 8.66. The Balaban J connectivity index is 1.40. The maximum atomic E-state index is 13.7. The maximum absolute atomic E-state index is 13.7. The van der Waals surface area contributed by atoms with Gasteiger partial charge in [0.2, 0.25) is 11.8 Å². The van der Waals surface area contributed by atoms with Crippen LogP contribution in [0.4, 0.5) is 10.7 Å². The van der Waals surface area contributed by atoms with Gasteiger partial charge in [0.05, 0.1) is 32.1 Å². The van der Waals surface area contributed by atoms with Crippen LogP contribution < -0.4 is 19.7 Å². The number of thiophene rings is 1. The monoisotopic (exact) mass is 580 g/mol. The Labute approximate surface area is 242 Å². The van der Waals surface area contributed by atoms with Gasteiger partial charge in [-0.1, -0.05) is 18.2 Å². The Hall–Kier alpha value is -3.50. The van der Waals surface area contributed by atoms with Crippen LogP contribution in [0.25, 0.3) is 0 Å². The second-order valence-corrected chi connectivity index (χ2v) is 11.9. The van der Waals surface area contributed by atoms with E-state index in [1.54, 1.807) is 32.9 Å². The van der Waals surface area contributed by atoms with E-state index >= 15 is 0 Å². The van der Waals surface area contributed by atoms with E-state index < -0.39 is 5.97 Å². The molecule has 210 valence electrons. The molecule has 1 aromatic heterocycles. The Morgan fingerprint density at radius 3 is 2.60 bits per heavy atom. The van der Waals surface area contributed by atoms with Crippen molar-refractivity contribution in [2.75, 3.05) is 37.6 Å². The first-order valence-corrected chi connectivity index (χ1v) is 15.0. The number of carbonyl (C=O) groups excluding carboxylic acids is 3. The van der Waals surface area contributed by atoms with Crippen molar-refractivity contribution in [3.05, 3.63) is 64.0 Å². The molecule has 0 fully saturated rings. The molecular weight excluding hydrogens is 548 g/mol.